The predicted octanol–water partition coefficient (Wildman–Crippen LogP) is 3.21. The van der Waals surface area contributed by atoms with Gasteiger partial charge in [-0.25, -0.2) is 0 Å². The molecule has 0 aliphatic heterocycles. The van der Waals surface area contributed by atoms with Crippen LogP contribution in [0.3, 0.4) is 0 Å². The van der Waals surface area contributed by atoms with Crippen LogP contribution in [-0.4, -0.2) is 24.0 Å². The molecule has 118 valence electrons. The third-order valence-corrected chi connectivity index (χ3v) is 3.74. The summed E-state index contributed by atoms with van der Waals surface area (Å²) in [6.45, 7) is 2.66. The molecule has 0 aliphatic carbocycles. The van der Waals surface area contributed by atoms with Crippen molar-refractivity contribution in [2.24, 2.45) is 0 Å². The highest BCUT2D eigenvalue weighted by Gasteiger charge is 2.03. The molecule has 4 heteroatoms. The van der Waals surface area contributed by atoms with Gasteiger partial charge >= 0.3 is 0 Å². The zero-order valence-corrected chi connectivity index (χ0v) is 13.1. The number of carbonyl (C=O) groups is 1. The van der Waals surface area contributed by atoms with Crippen molar-refractivity contribution in [3.8, 4) is 5.75 Å². The molecule has 1 amide bonds. The lowest BCUT2D eigenvalue weighted by atomic mass is 10.1. The summed E-state index contributed by atoms with van der Waals surface area (Å²) in [7, 11) is 0. The first-order valence-electron chi connectivity index (χ1n) is 7.73. The van der Waals surface area contributed by atoms with E-state index in [1.807, 2.05) is 43.5 Å². The van der Waals surface area contributed by atoms with Crippen LogP contribution in [0.15, 0.2) is 54.7 Å². The van der Waals surface area contributed by atoms with E-state index in [-0.39, 0.29) is 12.5 Å². The number of H-pyrrole nitrogens is 1. The fraction of sp³-hybridized carbons (Fsp3) is 0.211. The fourth-order valence-electron chi connectivity index (χ4n) is 2.44. The summed E-state index contributed by atoms with van der Waals surface area (Å²) in [5, 5.41) is 4.07. The molecule has 1 heterocycles. The van der Waals surface area contributed by atoms with Gasteiger partial charge in [0.1, 0.15) is 5.75 Å². The van der Waals surface area contributed by atoms with Crippen LogP contribution in [0.25, 0.3) is 10.9 Å². The second kappa shape index (κ2) is 7.01. The van der Waals surface area contributed by atoms with Crippen molar-refractivity contribution in [1.82, 2.24) is 10.3 Å². The maximum Gasteiger partial charge on any atom is 0.257 e. The second-order valence-electron chi connectivity index (χ2n) is 5.60. The van der Waals surface area contributed by atoms with Crippen LogP contribution >= 0.6 is 0 Å². The average molecular weight is 308 g/mol. The minimum Gasteiger partial charge on any atom is -0.484 e. The maximum absolute atomic E-state index is 11.8. The van der Waals surface area contributed by atoms with Gasteiger partial charge in [-0.05, 0) is 54.6 Å². The summed E-state index contributed by atoms with van der Waals surface area (Å²) < 4.78 is 5.46. The van der Waals surface area contributed by atoms with E-state index in [1.165, 1.54) is 16.5 Å². The molecule has 2 N–H and O–H groups in total. The Morgan fingerprint density at radius 1 is 1.13 bits per heavy atom. The number of amides is 1. The molecule has 0 bridgehead atoms. The Kier molecular flexibility index (Phi) is 4.62. The summed E-state index contributed by atoms with van der Waals surface area (Å²) in [6.07, 6.45) is 2.73. The number of carbonyl (C=O) groups excluding carboxylic acids is 1. The highest BCUT2D eigenvalue weighted by atomic mass is 16.5. The molecule has 0 radical (unpaired) electrons. The Bertz CT molecular complexity index is 790. The molecule has 0 spiro atoms. The average Bonchev–Trinajstić information content (AvgIpc) is 3.02. The van der Waals surface area contributed by atoms with Crippen molar-refractivity contribution in [1.29, 1.82) is 0 Å². The Morgan fingerprint density at radius 2 is 1.96 bits per heavy atom. The zero-order valence-electron chi connectivity index (χ0n) is 13.1. The van der Waals surface area contributed by atoms with Crippen LogP contribution < -0.4 is 10.1 Å². The highest BCUT2D eigenvalue weighted by molar-refractivity contribution is 5.80. The summed E-state index contributed by atoms with van der Waals surface area (Å²) in [5.41, 5.74) is 3.50. The number of nitrogens with one attached hydrogen (secondary N) is 2. The molecule has 4 nitrogen and oxygen atoms in total. The molecule has 1 aromatic heterocycles. The molecule has 3 rings (SSSR count). The van der Waals surface area contributed by atoms with Gasteiger partial charge < -0.3 is 15.0 Å². The van der Waals surface area contributed by atoms with Crippen molar-refractivity contribution >= 4 is 16.8 Å². The largest absolute Gasteiger partial charge is 0.484 e. The van der Waals surface area contributed by atoms with Gasteiger partial charge in [0.05, 0.1) is 0 Å². The summed E-state index contributed by atoms with van der Waals surface area (Å²) in [5.74, 6) is 0.608. The first-order chi connectivity index (χ1) is 11.2. The molecule has 0 unspecified atom stereocenters. The van der Waals surface area contributed by atoms with E-state index in [9.17, 15) is 4.79 Å². The highest BCUT2D eigenvalue weighted by Crippen LogP contribution is 2.14. The van der Waals surface area contributed by atoms with Gasteiger partial charge in [0.25, 0.3) is 5.91 Å². The van der Waals surface area contributed by atoms with Gasteiger partial charge in [0.2, 0.25) is 0 Å². The molecule has 2 aromatic carbocycles. The number of hydrogen-bond donors (Lipinski definition) is 2. The monoisotopic (exact) mass is 308 g/mol. The van der Waals surface area contributed by atoms with Crippen LogP contribution in [-0.2, 0) is 11.2 Å². The second-order valence-corrected chi connectivity index (χ2v) is 5.60. The number of aromatic nitrogens is 1. The standard InChI is InChI=1S/C19H20N2O2/c1-14-2-5-17(6-3-14)23-13-19(22)21-10-8-15-4-7-18-16(12-15)9-11-20-18/h2-7,9,11-12,20H,8,10,13H2,1H3,(H,21,22). The Labute approximate surface area is 135 Å². The smallest absolute Gasteiger partial charge is 0.257 e. The van der Waals surface area contributed by atoms with Crippen molar-refractivity contribution in [3.05, 3.63) is 65.9 Å². The van der Waals surface area contributed by atoms with Gasteiger partial charge in [0, 0.05) is 18.3 Å². The molecule has 23 heavy (non-hydrogen) atoms. The van der Waals surface area contributed by atoms with Gasteiger partial charge in [-0.1, -0.05) is 23.8 Å². The van der Waals surface area contributed by atoms with E-state index in [2.05, 4.69) is 28.5 Å². The fourth-order valence-corrected chi connectivity index (χ4v) is 2.44. The van der Waals surface area contributed by atoms with E-state index in [0.717, 1.165) is 11.9 Å². The van der Waals surface area contributed by atoms with Crippen molar-refractivity contribution < 1.29 is 9.53 Å². The molecule has 0 aliphatic rings. The maximum atomic E-state index is 11.8. The van der Waals surface area contributed by atoms with Crippen LogP contribution in [0, 0.1) is 6.92 Å². The molecular formula is C19H20N2O2. The van der Waals surface area contributed by atoms with Gasteiger partial charge in [-0.2, -0.15) is 0 Å². The van der Waals surface area contributed by atoms with Crippen LogP contribution in [0.4, 0.5) is 0 Å². The SMILES string of the molecule is Cc1ccc(OCC(=O)NCCc2ccc3[nH]ccc3c2)cc1. The first kappa shape index (κ1) is 15.2. The van der Waals surface area contributed by atoms with E-state index in [4.69, 9.17) is 4.74 Å². The lowest BCUT2D eigenvalue weighted by molar-refractivity contribution is -0.123. The van der Waals surface area contributed by atoms with E-state index in [0.29, 0.717) is 12.3 Å². The lowest BCUT2D eigenvalue weighted by Gasteiger charge is -2.08. The topological polar surface area (TPSA) is 54.1 Å². The molecule has 0 saturated heterocycles. The number of fused-ring (bicyclic) bond motifs is 1. The molecule has 0 fully saturated rings. The number of benzene rings is 2. The Balaban J connectivity index is 1.42. The van der Waals surface area contributed by atoms with Crippen LogP contribution in [0.1, 0.15) is 11.1 Å². The number of ether oxygens (including phenoxy) is 1. The van der Waals surface area contributed by atoms with Crippen LogP contribution in [0.5, 0.6) is 5.75 Å². The normalized spacial score (nSPS) is 10.7. The zero-order chi connectivity index (χ0) is 16.1. The molecule has 0 saturated carbocycles. The minimum atomic E-state index is -0.103. The quantitative estimate of drug-likeness (QED) is 0.734. The number of aromatic amines is 1. The minimum absolute atomic E-state index is 0.0416. The molecular weight excluding hydrogens is 288 g/mol. The van der Waals surface area contributed by atoms with E-state index in [1.54, 1.807) is 0 Å². The van der Waals surface area contributed by atoms with Crippen molar-refractivity contribution in [2.75, 3.05) is 13.2 Å². The van der Waals surface area contributed by atoms with Gasteiger partial charge in [-0.15, -0.1) is 0 Å². The van der Waals surface area contributed by atoms with E-state index >= 15 is 0 Å². The number of aryl methyl sites for hydroxylation is 1. The third-order valence-electron chi connectivity index (χ3n) is 3.74. The lowest BCUT2D eigenvalue weighted by Crippen LogP contribution is -2.30. The van der Waals surface area contributed by atoms with Gasteiger partial charge in [-0.3, -0.25) is 4.79 Å². The first-order valence-corrected chi connectivity index (χ1v) is 7.73. The summed E-state index contributed by atoms with van der Waals surface area (Å²) in [4.78, 5) is 15.0. The Hall–Kier alpha value is -2.75. The third kappa shape index (κ3) is 4.13. The van der Waals surface area contributed by atoms with Crippen molar-refractivity contribution in [3.63, 3.8) is 0 Å². The Morgan fingerprint density at radius 3 is 2.78 bits per heavy atom. The predicted molar refractivity (Wildman–Crippen MR) is 91.7 cm³/mol. The summed E-state index contributed by atoms with van der Waals surface area (Å²) in [6, 6.07) is 16.0. The molecule has 0 atom stereocenters. The van der Waals surface area contributed by atoms with Crippen LogP contribution in [0.2, 0.25) is 0 Å². The van der Waals surface area contributed by atoms with Gasteiger partial charge in [0.15, 0.2) is 6.61 Å². The van der Waals surface area contributed by atoms with E-state index < -0.39 is 0 Å². The molecule has 3 aromatic rings. The summed E-state index contributed by atoms with van der Waals surface area (Å²) >= 11 is 0. The number of rotatable bonds is 6. The van der Waals surface area contributed by atoms with Crippen molar-refractivity contribution in [2.45, 2.75) is 13.3 Å². The number of hydrogen-bond acceptors (Lipinski definition) is 2.